The Kier molecular flexibility index (Phi) is 5.09. The van der Waals surface area contributed by atoms with Gasteiger partial charge >= 0.3 is 0 Å². The molecule has 1 saturated heterocycles. The number of aryl methyl sites for hydroxylation is 3. The lowest BCUT2D eigenvalue weighted by molar-refractivity contribution is -0.139. The number of amides is 1. The highest BCUT2D eigenvalue weighted by molar-refractivity contribution is 7.18. The summed E-state index contributed by atoms with van der Waals surface area (Å²) >= 11 is 1.66. The van der Waals surface area contributed by atoms with Gasteiger partial charge in [0.1, 0.15) is 4.83 Å². The van der Waals surface area contributed by atoms with Gasteiger partial charge in [-0.25, -0.2) is 4.98 Å². The summed E-state index contributed by atoms with van der Waals surface area (Å²) in [5.41, 5.74) is 1.21. The molecule has 0 aromatic carbocycles. The number of carbonyl (C=O) groups excluding carboxylic acids is 1. The normalized spacial score (nSPS) is 20.3. The molecule has 2 aromatic rings. The molecule has 2 aromatic heterocycles. The highest BCUT2D eigenvalue weighted by Gasteiger charge is 2.23. The van der Waals surface area contributed by atoms with E-state index in [1.807, 2.05) is 4.90 Å². The second-order valence-electron chi connectivity index (χ2n) is 7.12. The number of morpholine rings is 1. The lowest BCUT2D eigenvalue weighted by Gasteiger charge is -2.32. The third kappa shape index (κ3) is 3.30. The SMILES string of the molecule is CC[C@@H]1CN(C(=O)CCn2cnc3sc4c(c3c2=O)CCCC4)CCO1. The van der Waals surface area contributed by atoms with Gasteiger partial charge in [-0.15, -0.1) is 11.3 Å². The maximum atomic E-state index is 12.9. The molecule has 2 aliphatic rings. The second-order valence-corrected chi connectivity index (χ2v) is 8.21. The molecule has 3 heterocycles. The number of thiophene rings is 1. The Hall–Kier alpha value is -1.73. The summed E-state index contributed by atoms with van der Waals surface area (Å²) in [6.07, 6.45) is 7.34. The Morgan fingerprint density at radius 1 is 1.38 bits per heavy atom. The summed E-state index contributed by atoms with van der Waals surface area (Å²) in [6, 6.07) is 0. The number of ether oxygens (including phenoxy) is 1. The molecular formula is C19H25N3O3S. The van der Waals surface area contributed by atoms with E-state index < -0.39 is 0 Å². The van der Waals surface area contributed by atoms with Crippen LogP contribution in [-0.2, 0) is 28.9 Å². The molecule has 0 radical (unpaired) electrons. The summed E-state index contributed by atoms with van der Waals surface area (Å²) in [5.74, 6) is 0.0890. The van der Waals surface area contributed by atoms with Gasteiger partial charge in [0.2, 0.25) is 5.91 Å². The Morgan fingerprint density at radius 2 is 2.23 bits per heavy atom. The smallest absolute Gasteiger partial charge is 0.262 e. The van der Waals surface area contributed by atoms with E-state index in [4.69, 9.17) is 4.74 Å². The number of hydrogen-bond donors (Lipinski definition) is 0. The zero-order valence-electron chi connectivity index (χ0n) is 15.2. The van der Waals surface area contributed by atoms with Crippen LogP contribution in [0.25, 0.3) is 10.2 Å². The maximum absolute atomic E-state index is 12.9. The van der Waals surface area contributed by atoms with Crippen LogP contribution in [-0.4, -0.2) is 46.2 Å². The Morgan fingerprint density at radius 3 is 3.08 bits per heavy atom. The van der Waals surface area contributed by atoms with Crippen LogP contribution < -0.4 is 5.56 Å². The maximum Gasteiger partial charge on any atom is 0.262 e. The van der Waals surface area contributed by atoms with Crippen molar-refractivity contribution in [2.75, 3.05) is 19.7 Å². The fourth-order valence-corrected chi connectivity index (χ4v) is 5.13. The van der Waals surface area contributed by atoms with Gasteiger partial charge in [0.25, 0.3) is 5.56 Å². The molecule has 0 bridgehead atoms. The fraction of sp³-hybridized carbons (Fsp3) is 0.632. The van der Waals surface area contributed by atoms with Crippen LogP contribution in [0.2, 0.25) is 0 Å². The molecule has 140 valence electrons. The van der Waals surface area contributed by atoms with Crippen LogP contribution in [0.4, 0.5) is 0 Å². The minimum atomic E-state index is 0.00983. The molecule has 1 amide bonds. The lowest BCUT2D eigenvalue weighted by Crippen LogP contribution is -2.45. The standard InChI is InChI=1S/C19H25N3O3S/c1-2-13-11-21(9-10-25-13)16(23)7-8-22-12-20-18-17(19(22)24)14-5-3-4-6-15(14)26-18/h12-13H,2-11H2,1H3/t13-/m1/s1. The van der Waals surface area contributed by atoms with E-state index in [1.54, 1.807) is 22.2 Å². The molecule has 1 fully saturated rings. The van der Waals surface area contributed by atoms with E-state index in [1.165, 1.54) is 16.9 Å². The molecule has 0 unspecified atom stereocenters. The zero-order valence-corrected chi connectivity index (χ0v) is 16.0. The Bertz CT molecular complexity index is 873. The van der Waals surface area contributed by atoms with E-state index in [-0.39, 0.29) is 17.6 Å². The van der Waals surface area contributed by atoms with Crippen molar-refractivity contribution in [1.82, 2.24) is 14.5 Å². The largest absolute Gasteiger partial charge is 0.375 e. The summed E-state index contributed by atoms with van der Waals surface area (Å²) in [4.78, 5) is 34.0. The molecule has 0 saturated carbocycles. The summed E-state index contributed by atoms with van der Waals surface area (Å²) in [6.45, 7) is 4.35. The minimum Gasteiger partial charge on any atom is -0.375 e. The average Bonchev–Trinajstić information content (AvgIpc) is 3.06. The Labute approximate surface area is 156 Å². The molecular weight excluding hydrogens is 350 g/mol. The van der Waals surface area contributed by atoms with Crippen molar-refractivity contribution in [3.8, 4) is 0 Å². The number of carbonyl (C=O) groups is 1. The van der Waals surface area contributed by atoms with Crippen molar-refractivity contribution in [3.05, 3.63) is 27.1 Å². The van der Waals surface area contributed by atoms with Crippen molar-refractivity contribution in [1.29, 1.82) is 0 Å². The van der Waals surface area contributed by atoms with E-state index >= 15 is 0 Å². The third-order valence-corrected chi connectivity index (χ3v) is 6.66. The van der Waals surface area contributed by atoms with Crippen LogP contribution in [0.5, 0.6) is 0 Å². The molecule has 0 spiro atoms. The Balaban J connectivity index is 1.50. The van der Waals surface area contributed by atoms with Gasteiger partial charge in [-0.05, 0) is 37.7 Å². The quantitative estimate of drug-likeness (QED) is 0.823. The predicted molar refractivity (Wildman–Crippen MR) is 102 cm³/mol. The topological polar surface area (TPSA) is 64.4 Å². The first-order valence-corrected chi connectivity index (χ1v) is 10.4. The van der Waals surface area contributed by atoms with Crippen molar-refractivity contribution in [2.45, 2.75) is 58.1 Å². The summed E-state index contributed by atoms with van der Waals surface area (Å²) in [7, 11) is 0. The van der Waals surface area contributed by atoms with Gasteiger partial charge in [0.15, 0.2) is 0 Å². The van der Waals surface area contributed by atoms with E-state index in [2.05, 4.69) is 11.9 Å². The molecule has 7 heteroatoms. The monoisotopic (exact) mass is 375 g/mol. The number of nitrogens with zero attached hydrogens (tertiary/aromatic N) is 3. The average molecular weight is 375 g/mol. The van der Waals surface area contributed by atoms with Crippen molar-refractivity contribution >= 4 is 27.5 Å². The van der Waals surface area contributed by atoms with Crippen LogP contribution in [0, 0.1) is 0 Å². The number of fused-ring (bicyclic) bond motifs is 3. The van der Waals surface area contributed by atoms with Gasteiger partial charge in [-0.1, -0.05) is 6.92 Å². The van der Waals surface area contributed by atoms with E-state index in [0.717, 1.165) is 35.9 Å². The van der Waals surface area contributed by atoms with Gasteiger partial charge in [-0.3, -0.25) is 14.2 Å². The van der Waals surface area contributed by atoms with Crippen LogP contribution in [0.3, 0.4) is 0 Å². The zero-order chi connectivity index (χ0) is 18.1. The van der Waals surface area contributed by atoms with Gasteiger partial charge in [-0.2, -0.15) is 0 Å². The highest BCUT2D eigenvalue weighted by Crippen LogP contribution is 2.33. The first-order chi connectivity index (χ1) is 12.7. The highest BCUT2D eigenvalue weighted by atomic mass is 32.1. The van der Waals surface area contributed by atoms with Crippen molar-refractivity contribution in [2.24, 2.45) is 0 Å². The number of hydrogen-bond acceptors (Lipinski definition) is 5. The lowest BCUT2D eigenvalue weighted by atomic mass is 9.97. The molecule has 1 atom stereocenters. The van der Waals surface area contributed by atoms with Gasteiger partial charge < -0.3 is 9.64 Å². The molecule has 6 nitrogen and oxygen atoms in total. The third-order valence-electron chi connectivity index (χ3n) is 5.46. The van der Waals surface area contributed by atoms with E-state index in [9.17, 15) is 9.59 Å². The second kappa shape index (κ2) is 7.48. The number of aromatic nitrogens is 2. The number of rotatable bonds is 4. The van der Waals surface area contributed by atoms with Crippen LogP contribution in [0.1, 0.15) is 43.0 Å². The molecule has 26 heavy (non-hydrogen) atoms. The molecule has 1 aliphatic heterocycles. The fourth-order valence-electron chi connectivity index (χ4n) is 3.91. The molecule has 4 rings (SSSR count). The first kappa shape index (κ1) is 17.7. The molecule has 0 N–H and O–H groups in total. The van der Waals surface area contributed by atoms with Crippen molar-refractivity contribution < 1.29 is 9.53 Å². The van der Waals surface area contributed by atoms with Crippen LogP contribution in [0.15, 0.2) is 11.1 Å². The molecule has 1 aliphatic carbocycles. The van der Waals surface area contributed by atoms with E-state index in [0.29, 0.717) is 32.7 Å². The summed E-state index contributed by atoms with van der Waals surface area (Å²) in [5, 5.41) is 0.789. The van der Waals surface area contributed by atoms with Crippen LogP contribution >= 0.6 is 11.3 Å². The van der Waals surface area contributed by atoms with Gasteiger partial charge in [0.05, 0.1) is 24.4 Å². The predicted octanol–water partition coefficient (Wildman–Crippen LogP) is 2.36. The van der Waals surface area contributed by atoms with Crippen molar-refractivity contribution in [3.63, 3.8) is 0 Å². The summed E-state index contributed by atoms with van der Waals surface area (Å²) < 4.78 is 7.23. The minimum absolute atomic E-state index is 0.00983. The van der Waals surface area contributed by atoms with Gasteiger partial charge in [0, 0.05) is 30.9 Å². The first-order valence-electron chi connectivity index (χ1n) is 9.56.